The van der Waals surface area contributed by atoms with Gasteiger partial charge in [-0.3, -0.25) is 14.2 Å². The molecule has 0 spiro atoms. The minimum Gasteiger partial charge on any atom is -0.352 e. The van der Waals surface area contributed by atoms with Crippen molar-refractivity contribution in [2.24, 2.45) is 0 Å². The number of rotatable bonds is 3. The highest BCUT2D eigenvalue weighted by Gasteiger charge is 2.22. The maximum Gasteiger partial charge on any atom is 0.262 e. The zero-order chi connectivity index (χ0) is 17.1. The van der Waals surface area contributed by atoms with Crippen LogP contribution in [-0.4, -0.2) is 21.5 Å². The van der Waals surface area contributed by atoms with Gasteiger partial charge in [0.15, 0.2) is 4.77 Å². The minimum atomic E-state index is -0.630. The molecule has 1 aliphatic rings. The Balaban J connectivity index is 1.87. The highest BCUT2D eigenvalue weighted by Crippen LogP contribution is 2.18. The molecule has 2 N–H and O–H groups in total. The monoisotopic (exact) mass is 345 g/mol. The first-order chi connectivity index (χ1) is 11.6. The van der Waals surface area contributed by atoms with Gasteiger partial charge in [0, 0.05) is 6.04 Å². The van der Waals surface area contributed by atoms with Gasteiger partial charge < -0.3 is 10.3 Å². The van der Waals surface area contributed by atoms with Gasteiger partial charge in [0.25, 0.3) is 5.56 Å². The lowest BCUT2D eigenvalue weighted by atomic mass is 10.1. The van der Waals surface area contributed by atoms with Gasteiger partial charge in [-0.05, 0) is 44.1 Å². The van der Waals surface area contributed by atoms with E-state index in [9.17, 15) is 9.59 Å². The lowest BCUT2D eigenvalue weighted by Gasteiger charge is -2.21. The number of aromatic nitrogens is 2. The Bertz CT molecular complexity index is 847. The number of carbonyl (C=O) groups is 1. The fraction of sp³-hybridized carbons (Fsp3) is 0.500. The SMILES string of the molecule is C[C@H](C(=O)NC1CCCCCC1)n1c(=S)[nH]c2ccccc2c1=O. The largest absolute Gasteiger partial charge is 0.352 e. The quantitative estimate of drug-likeness (QED) is 0.661. The topological polar surface area (TPSA) is 66.9 Å². The standard InChI is InChI=1S/C18H23N3O2S/c1-12(16(22)19-13-8-4-2-3-5-9-13)21-17(23)14-10-6-7-11-15(14)20-18(21)24/h6-7,10-13H,2-5,8-9H2,1H3,(H,19,22)(H,20,24)/t12-/m1/s1. The first-order valence-electron chi connectivity index (χ1n) is 8.62. The second-order valence-corrected chi connectivity index (χ2v) is 6.91. The third-order valence-electron chi connectivity index (χ3n) is 4.80. The lowest BCUT2D eigenvalue weighted by molar-refractivity contribution is -0.124. The summed E-state index contributed by atoms with van der Waals surface area (Å²) in [6.07, 6.45) is 6.79. The summed E-state index contributed by atoms with van der Waals surface area (Å²) in [6, 6.07) is 6.79. The van der Waals surface area contributed by atoms with Crippen molar-refractivity contribution >= 4 is 29.0 Å². The van der Waals surface area contributed by atoms with Gasteiger partial charge in [-0.25, -0.2) is 0 Å². The van der Waals surface area contributed by atoms with E-state index in [1.165, 1.54) is 17.4 Å². The molecule has 6 heteroatoms. The summed E-state index contributed by atoms with van der Waals surface area (Å²) >= 11 is 5.32. The fourth-order valence-electron chi connectivity index (χ4n) is 3.39. The summed E-state index contributed by atoms with van der Waals surface area (Å²) < 4.78 is 1.66. The minimum absolute atomic E-state index is 0.140. The number of para-hydroxylation sites is 1. The van der Waals surface area contributed by atoms with Gasteiger partial charge in [-0.2, -0.15) is 0 Å². The van der Waals surface area contributed by atoms with E-state index in [4.69, 9.17) is 12.2 Å². The van der Waals surface area contributed by atoms with Crippen LogP contribution in [0.15, 0.2) is 29.1 Å². The molecule has 5 nitrogen and oxygen atoms in total. The molecule has 1 atom stereocenters. The molecule has 1 saturated carbocycles. The van der Waals surface area contributed by atoms with Crippen molar-refractivity contribution in [3.63, 3.8) is 0 Å². The van der Waals surface area contributed by atoms with Gasteiger partial charge in [-0.15, -0.1) is 0 Å². The molecular formula is C18H23N3O2S. The molecule has 24 heavy (non-hydrogen) atoms. The third kappa shape index (κ3) is 3.43. The van der Waals surface area contributed by atoms with E-state index in [0.29, 0.717) is 10.9 Å². The number of carbonyl (C=O) groups excluding carboxylic acids is 1. The van der Waals surface area contributed by atoms with Crippen molar-refractivity contribution in [1.82, 2.24) is 14.9 Å². The molecule has 2 aromatic rings. The average molecular weight is 345 g/mol. The highest BCUT2D eigenvalue weighted by molar-refractivity contribution is 7.71. The van der Waals surface area contributed by atoms with E-state index in [-0.39, 0.29) is 22.3 Å². The fourth-order valence-corrected chi connectivity index (χ4v) is 3.74. The van der Waals surface area contributed by atoms with Crippen molar-refractivity contribution in [2.75, 3.05) is 0 Å². The molecule has 1 amide bonds. The lowest BCUT2D eigenvalue weighted by Crippen LogP contribution is -2.41. The molecule has 1 fully saturated rings. The number of hydrogen-bond acceptors (Lipinski definition) is 3. The van der Waals surface area contributed by atoms with E-state index in [0.717, 1.165) is 25.7 Å². The zero-order valence-electron chi connectivity index (χ0n) is 13.9. The molecule has 1 aliphatic carbocycles. The van der Waals surface area contributed by atoms with E-state index < -0.39 is 6.04 Å². The number of fused-ring (bicyclic) bond motifs is 1. The normalized spacial score (nSPS) is 17.4. The van der Waals surface area contributed by atoms with Gasteiger partial charge in [0.1, 0.15) is 6.04 Å². The van der Waals surface area contributed by atoms with Gasteiger partial charge >= 0.3 is 0 Å². The van der Waals surface area contributed by atoms with Gasteiger partial charge in [0.2, 0.25) is 5.91 Å². The van der Waals surface area contributed by atoms with Crippen LogP contribution in [0, 0.1) is 4.77 Å². The Morgan fingerprint density at radius 3 is 2.62 bits per heavy atom. The molecule has 0 saturated heterocycles. The van der Waals surface area contributed by atoms with Gasteiger partial charge in [-0.1, -0.05) is 37.8 Å². The van der Waals surface area contributed by atoms with Crippen LogP contribution >= 0.6 is 12.2 Å². The zero-order valence-corrected chi connectivity index (χ0v) is 14.7. The van der Waals surface area contributed by atoms with Gasteiger partial charge in [0.05, 0.1) is 10.9 Å². The number of aromatic amines is 1. The van der Waals surface area contributed by atoms with E-state index >= 15 is 0 Å². The van der Waals surface area contributed by atoms with Crippen LogP contribution in [0.1, 0.15) is 51.5 Å². The van der Waals surface area contributed by atoms with Crippen molar-refractivity contribution in [1.29, 1.82) is 0 Å². The van der Waals surface area contributed by atoms with Crippen LogP contribution in [0.4, 0.5) is 0 Å². The summed E-state index contributed by atoms with van der Waals surface area (Å²) in [5.41, 5.74) is 0.470. The molecule has 3 rings (SSSR count). The number of nitrogens with zero attached hydrogens (tertiary/aromatic N) is 1. The Morgan fingerprint density at radius 2 is 1.92 bits per heavy atom. The Kier molecular flexibility index (Phi) is 5.14. The summed E-state index contributed by atoms with van der Waals surface area (Å²) in [4.78, 5) is 28.4. The number of nitrogens with one attached hydrogen (secondary N) is 2. The molecule has 1 aromatic heterocycles. The van der Waals surface area contributed by atoms with Crippen LogP contribution in [-0.2, 0) is 4.79 Å². The van der Waals surface area contributed by atoms with Crippen LogP contribution < -0.4 is 10.9 Å². The molecular weight excluding hydrogens is 322 g/mol. The van der Waals surface area contributed by atoms with Crippen LogP contribution in [0.25, 0.3) is 10.9 Å². The second-order valence-electron chi connectivity index (χ2n) is 6.52. The number of benzene rings is 1. The second kappa shape index (κ2) is 7.30. The predicted molar refractivity (Wildman–Crippen MR) is 97.7 cm³/mol. The first-order valence-corrected chi connectivity index (χ1v) is 9.02. The molecule has 128 valence electrons. The van der Waals surface area contributed by atoms with Crippen molar-refractivity contribution in [3.8, 4) is 0 Å². The molecule has 0 radical (unpaired) electrons. The summed E-state index contributed by atoms with van der Waals surface area (Å²) in [7, 11) is 0. The summed E-state index contributed by atoms with van der Waals surface area (Å²) in [5.74, 6) is -0.140. The van der Waals surface area contributed by atoms with E-state index in [1.54, 1.807) is 19.1 Å². The Morgan fingerprint density at radius 1 is 1.25 bits per heavy atom. The molecule has 0 aliphatic heterocycles. The molecule has 1 aromatic carbocycles. The van der Waals surface area contributed by atoms with Crippen molar-refractivity contribution in [2.45, 2.75) is 57.5 Å². The maximum absolute atomic E-state index is 12.7. The number of amides is 1. The van der Waals surface area contributed by atoms with E-state index in [2.05, 4.69) is 10.3 Å². The maximum atomic E-state index is 12.7. The average Bonchev–Trinajstić information content (AvgIpc) is 2.83. The van der Waals surface area contributed by atoms with Crippen molar-refractivity contribution in [3.05, 3.63) is 39.4 Å². The summed E-state index contributed by atoms with van der Waals surface area (Å²) in [6.45, 7) is 1.73. The number of H-pyrrole nitrogens is 1. The predicted octanol–water partition coefficient (Wildman–Crippen LogP) is 3.46. The van der Waals surface area contributed by atoms with E-state index in [1.807, 2.05) is 12.1 Å². The Labute approximate surface area is 146 Å². The molecule has 0 bridgehead atoms. The van der Waals surface area contributed by atoms with Crippen LogP contribution in [0.3, 0.4) is 0 Å². The van der Waals surface area contributed by atoms with Crippen molar-refractivity contribution < 1.29 is 4.79 Å². The highest BCUT2D eigenvalue weighted by atomic mass is 32.1. The number of hydrogen-bond donors (Lipinski definition) is 2. The molecule has 0 unspecified atom stereocenters. The smallest absolute Gasteiger partial charge is 0.262 e. The van der Waals surface area contributed by atoms with Crippen LogP contribution in [0.5, 0.6) is 0 Å². The third-order valence-corrected chi connectivity index (χ3v) is 5.10. The Hall–Kier alpha value is -1.95. The summed E-state index contributed by atoms with van der Waals surface area (Å²) in [5, 5.41) is 3.64. The van der Waals surface area contributed by atoms with Crippen LogP contribution in [0.2, 0.25) is 0 Å². The molecule has 1 heterocycles. The first kappa shape index (κ1) is 16.9.